The van der Waals surface area contributed by atoms with E-state index >= 15 is 0 Å². The van der Waals surface area contributed by atoms with E-state index in [4.69, 9.17) is 21.1 Å². The van der Waals surface area contributed by atoms with Crippen LogP contribution in [0.25, 0.3) is 0 Å². The Morgan fingerprint density at radius 3 is 2.46 bits per heavy atom. The molecular formula is C7H4ClNO3S. The number of rotatable bonds is 1. The first-order valence-electron chi connectivity index (χ1n) is 3.12. The number of nitriles is 1. The Morgan fingerprint density at radius 1 is 1.38 bits per heavy atom. The zero-order chi connectivity index (χ0) is 10.1. The first-order chi connectivity index (χ1) is 5.93. The highest BCUT2D eigenvalue weighted by Gasteiger charge is 2.11. The Morgan fingerprint density at radius 2 is 2.00 bits per heavy atom. The predicted molar refractivity (Wildman–Crippen MR) is 45.9 cm³/mol. The van der Waals surface area contributed by atoms with Crippen molar-refractivity contribution >= 4 is 19.7 Å². The van der Waals surface area contributed by atoms with Gasteiger partial charge in [0.15, 0.2) is 0 Å². The van der Waals surface area contributed by atoms with Gasteiger partial charge in [-0.15, -0.1) is 0 Å². The van der Waals surface area contributed by atoms with Crippen LogP contribution < -0.4 is 0 Å². The molecular weight excluding hydrogens is 214 g/mol. The van der Waals surface area contributed by atoms with Crippen molar-refractivity contribution in [3.8, 4) is 11.8 Å². The van der Waals surface area contributed by atoms with E-state index in [-0.39, 0.29) is 16.2 Å². The van der Waals surface area contributed by atoms with Crippen LogP contribution in [0, 0.1) is 11.3 Å². The molecule has 1 aromatic carbocycles. The van der Waals surface area contributed by atoms with Crippen LogP contribution in [0.1, 0.15) is 5.56 Å². The molecule has 0 atom stereocenters. The molecule has 0 aromatic heterocycles. The smallest absolute Gasteiger partial charge is 0.261 e. The lowest BCUT2D eigenvalue weighted by atomic mass is 10.2. The van der Waals surface area contributed by atoms with Gasteiger partial charge in [-0.2, -0.15) is 5.26 Å². The molecule has 1 rings (SSSR count). The molecule has 68 valence electrons. The second-order valence-electron chi connectivity index (χ2n) is 2.27. The first-order valence-corrected chi connectivity index (χ1v) is 5.43. The number of hydrogen-bond donors (Lipinski definition) is 1. The van der Waals surface area contributed by atoms with Crippen LogP contribution in [-0.4, -0.2) is 13.5 Å². The van der Waals surface area contributed by atoms with Crippen molar-refractivity contribution < 1.29 is 13.5 Å². The van der Waals surface area contributed by atoms with Crippen molar-refractivity contribution in [1.82, 2.24) is 0 Å². The number of phenolic OH excluding ortho intramolecular Hbond substituents is 1. The monoisotopic (exact) mass is 217 g/mol. The lowest BCUT2D eigenvalue weighted by Gasteiger charge is -1.97. The highest BCUT2D eigenvalue weighted by atomic mass is 35.7. The predicted octanol–water partition coefficient (Wildman–Crippen LogP) is 1.19. The van der Waals surface area contributed by atoms with Crippen LogP contribution in [0.2, 0.25) is 0 Å². The Kier molecular flexibility index (Phi) is 2.45. The summed E-state index contributed by atoms with van der Waals surface area (Å²) in [6.45, 7) is 0. The number of aromatic hydroxyl groups is 1. The van der Waals surface area contributed by atoms with E-state index in [1.807, 2.05) is 0 Å². The third-order valence-electron chi connectivity index (χ3n) is 1.30. The van der Waals surface area contributed by atoms with Gasteiger partial charge >= 0.3 is 0 Å². The third-order valence-corrected chi connectivity index (χ3v) is 2.64. The van der Waals surface area contributed by atoms with E-state index in [0.717, 1.165) is 18.2 Å². The summed E-state index contributed by atoms with van der Waals surface area (Å²) in [5, 5.41) is 17.5. The zero-order valence-corrected chi connectivity index (χ0v) is 7.80. The SMILES string of the molecule is N#Cc1cc(O)cc(S(=O)(=O)Cl)c1. The fraction of sp³-hybridized carbons (Fsp3) is 0. The molecule has 0 aliphatic rings. The molecule has 1 aromatic rings. The summed E-state index contributed by atoms with van der Waals surface area (Å²) in [6.07, 6.45) is 0. The Balaban J connectivity index is 3.44. The topological polar surface area (TPSA) is 78.2 Å². The minimum absolute atomic E-state index is 0.0409. The van der Waals surface area contributed by atoms with Gasteiger partial charge in [-0.3, -0.25) is 0 Å². The molecule has 0 saturated heterocycles. The second kappa shape index (κ2) is 3.24. The van der Waals surface area contributed by atoms with Crippen LogP contribution in [0.4, 0.5) is 0 Å². The third kappa shape index (κ3) is 2.34. The van der Waals surface area contributed by atoms with Crippen LogP contribution in [-0.2, 0) is 9.05 Å². The van der Waals surface area contributed by atoms with Crippen LogP contribution >= 0.6 is 10.7 Å². The zero-order valence-electron chi connectivity index (χ0n) is 6.23. The molecule has 0 aliphatic carbocycles. The summed E-state index contributed by atoms with van der Waals surface area (Å²) in [4.78, 5) is -0.286. The lowest BCUT2D eigenvalue weighted by molar-refractivity contribution is 0.473. The Labute approximate surface area is 79.4 Å². The van der Waals surface area contributed by atoms with Crippen LogP contribution in [0.5, 0.6) is 5.75 Å². The summed E-state index contributed by atoms with van der Waals surface area (Å²) in [6, 6.07) is 4.90. The number of hydrogen-bond acceptors (Lipinski definition) is 4. The van der Waals surface area contributed by atoms with Gasteiger partial charge in [0.2, 0.25) is 0 Å². The van der Waals surface area contributed by atoms with Gasteiger partial charge in [0, 0.05) is 10.7 Å². The molecule has 0 fully saturated rings. The minimum Gasteiger partial charge on any atom is -0.508 e. The number of phenols is 1. The quantitative estimate of drug-likeness (QED) is 0.717. The van der Waals surface area contributed by atoms with E-state index in [1.54, 1.807) is 6.07 Å². The van der Waals surface area contributed by atoms with E-state index in [1.165, 1.54) is 0 Å². The van der Waals surface area contributed by atoms with Gasteiger partial charge in [0.25, 0.3) is 9.05 Å². The molecule has 13 heavy (non-hydrogen) atoms. The van der Waals surface area contributed by atoms with Gasteiger partial charge in [0.1, 0.15) is 5.75 Å². The Bertz CT molecular complexity index is 475. The molecule has 1 N–H and O–H groups in total. The van der Waals surface area contributed by atoms with E-state index in [0.29, 0.717) is 0 Å². The fourth-order valence-electron chi connectivity index (χ4n) is 0.789. The maximum absolute atomic E-state index is 10.8. The summed E-state index contributed by atoms with van der Waals surface area (Å²) in [5.41, 5.74) is 0.0409. The average molecular weight is 218 g/mol. The molecule has 0 radical (unpaired) electrons. The van der Waals surface area contributed by atoms with E-state index in [9.17, 15) is 8.42 Å². The van der Waals surface area contributed by atoms with Gasteiger partial charge in [-0.05, 0) is 18.2 Å². The van der Waals surface area contributed by atoms with Gasteiger partial charge in [-0.25, -0.2) is 8.42 Å². The lowest BCUT2D eigenvalue weighted by Crippen LogP contribution is -1.91. The summed E-state index contributed by atoms with van der Waals surface area (Å²) >= 11 is 0. The van der Waals surface area contributed by atoms with Crippen molar-refractivity contribution in [3.05, 3.63) is 23.8 Å². The molecule has 0 spiro atoms. The van der Waals surface area contributed by atoms with Gasteiger partial charge < -0.3 is 5.11 Å². The number of halogens is 1. The van der Waals surface area contributed by atoms with Crippen molar-refractivity contribution in [2.24, 2.45) is 0 Å². The van der Waals surface area contributed by atoms with Gasteiger partial charge in [-0.1, -0.05) is 0 Å². The molecule has 0 heterocycles. The molecule has 0 amide bonds. The molecule has 4 nitrogen and oxygen atoms in total. The highest BCUT2D eigenvalue weighted by molar-refractivity contribution is 8.13. The van der Waals surface area contributed by atoms with Crippen molar-refractivity contribution in [2.45, 2.75) is 4.90 Å². The van der Waals surface area contributed by atoms with E-state index in [2.05, 4.69) is 0 Å². The summed E-state index contributed by atoms with van der Waals surface area (Å²) in [5.74, 6) is -0.307. The highest BCUT2D eigenvalue weighted by Crippen LogP contribution is 2.21. The van der Waals surface area contributed by atoms with Crippen LogP contribution in [0.15, 0.2) is 23.1 Å². The first kappa shape index (κ1) is 9.84. The molecule has 6 heteroatoms. The maximum Gasteiger partial charge on any atom is 0.261 e. The van der Waals surface area contributed by atoms with Crippen molar-refractivity contribution in [3.63, 3.8) is 0 Å². The normalized spacial score (nSPS) is 10.8. The minimum atomic E-state index is -3.90. The van der Waals surface area contributed by atoms with Crippen LogP contribution in [0.3, 0.4) is 0 Å². The maximum atomic E-state index is 10.8. The number of benzene rings is 1. The number of nitrogens with zero attached hydrogens (tertiary/aromatic N) is 1. The molecule has 0 saturated carbocycles. The standard InChI is InChI=1S/C7H4ClNO3S/c8-13(11,12)7-2-5(4-9)1-6(10)3-7/h1-3,10H. The van der Waals surface area contributed by atoms with Gasteiger partial charge in [0.05, 0.1) is 16.5 Å². The fourth-order valence-corrected chi connectivity index (χ4v) is 1.59. The molecule has 0 bridgehead atoms. The average Bonchev–Trinajstić information content (AvgIpc) is 2.01. The van der Waals surface area contributed by atoms with E-state index < -0.39 is 9.05 Å². The molecule has 0 unspecified atom stereocenters. The Hall–Kier alpha value is -1.25. The molecule has 0 aliphatic heterocycles. The largest absolute Gasteiger partial charge is 0.508 e. The van der Waals surface area contributed by atoms with Crippen molar-refractivity contribution in [1.29, 1.82) is 5.26 Å². The summed E-state index contributed by atoms with van der Waals surface area (Å²) in [7, 11) is 1.11. The second-order valence-corrected chi connectivity index (χ2v) is 4.83. The van der Waals surface area contributed by atoms with Crippen molar-refractivity contribution in [2.75, 3.05) is 0 Å². The summed E-state index contributed by atoms with van der Waals surface area (Å²) < 4.78 is 21.6.